The van der Waals surface area contributed by atoms with Gasteiger partial charge in [-0.15, -0.1) is 0 Å². The third kappa shape index (κ3) is 2.54. The first-order chi connectivity index (χ1) is 7.98. The van der Waals surface area contributed by atoms with E-state index in [1.807, 2.05) is 37.3 Å². The standard InChI is InChI=1S/C13H12O3S/c1-10-9-12(17(14,15)16)7-8-13(10)11-5-3-2-4-6-11/h2-9H,1H3,(H,14,15,16). The predicted molar refractivity (Wildman–Crippen MR) is 66.4 cm³/mol. The second-order valence-corrected chi connectivity index (χ2v) is 5.24. The van der Waals surface area contributed by atoms with Crippen molar-refractivity contribution in [3.63, 3.8) is 0 Å². The smallest absolute Gasteiger partial charge is 0.282 e. The van der Waals surface area contributed by atoms with Gasteiger partial charge >= 0.3 is 0 Å². The second-order valence-electron chi connectivity index (χ2n) is 3.82. The Hall–Kier alpha value is -1.65. The molecule has 88 valence electrons. The highest BCUT2D eigenvalue weighted by Gasteiger charge is 2.11. The van der Waals surface area contributed by atoms with E-state index < -0.39 is 10.1 Å². The predicted octanol–water partition coefficient (Wildman–Crippen LogP) is 2.91. The molecule has 0 spiro atoms. The summed E-state index contributed by atoms with van der Waals surface area (Å²) in [5.41, 5.74) is 2.79. The number of rotatable bonds is 2. The highest BCUT2D eigenvalue weighted by atomic mass is 32.2. The third-order valence-electron chi connectivity index (χ3n) is 2.58. The van der Waals surface area contributed by atoms with Gasteiger partial charge in [-0.3, -0.25) is 4.55 Å². The second kappa shape index (κ2) is 4.31. The maximum absolute atomic E-state index is 11.0. The van der Waals surface area contributed by atoms with Crippen molar-refractivity contribution in [3.8, 4) is 11.1 Å². The average molecular weight is 248 g/mol. The molecule has 0 aliphatic rings. The summed E-state index contributed by atoms with van der Waals surface area (Å²) in [4.78, 5) is -0.0744. The van der Waals surface area contributed by atoms with E-state index in [0.717, 1.165) is 16.7 Å². The summed E-state index contributed by atoms with van der Waals surface area (Å²) < 4.78 is 30.9. The Labute approximate surface area is 100 Å². The molecule has 0 saturated heterocycles. The van der Waals surface area contributed by atoms with Gasteiger partial charge in [0.2, 0.25) is 0 Å². The van der Waals surface area contributed by atoms with Crippen LogP contribution < -0.4 is 0 Å². The Balaban J connectivity index is 2.54. The molecule has 0 amide bonds. The van der Waals surface area contributed by atoms with E-state index in [9.17, 15) is 8.42 Å². The molecule has 2 aromatic rings. The fourth-order valence-electron chi connectivity index (χ4n) is 1.74. The summed E-state index contributed by atoms with van der Waals surface area (Å²) in [5, 5.41) is 0. The number of aryl methyl sites for hydroxylation is 1. The first-order valence-electron chi connectivity index (χ1n) is 5.12. The molecule has 2 rings (SSSR count). The zero-order valence-electron chi connectivity index (χ0n) is 9.29. The molecule has 0 aliphatic carbocycles. The zero-order valence-corrected chi connectivity index (χ0v) is 10.1. The van der Waals surface area contributed by atoms with Crippen molar-refractivity contribution in [1.29, 1.82) is 0 Å². The van der Waals surface area contributed by atoms with Crippen LogP contribution in [0.4, 0.5) is 0 Å². The molecule has 0 unspecified atom stereocenters. The SMILES string of the molecule is Cc1cc(S(=O)(=O)O)ccc1-c1ccccc1. The molecule has 3 nitrogen and oxygen atoms in total. The van der Waals surface area contributed by atoms with Crippen LogP contribution >= 0.6 is 0 Å². The van der Waals surface area contributed by atoms with Gasteiger partial charge in [-0.1, -0.05) is 36.4 Å². The fraction of sp³-hybridized carbons (Fsp3) is 0.0769. The van der Waals surface area contributed by atoms with Gasteiger partial charge in [0, 0.05) is 0 Å². The van der Waals surface area contributed by atoms with Gasteiger partial charge in [-0.05, 0) is 35.7 Å². The normalized spacial score (nSPS) is 11.4. The topological polar surface area (TPSA) is 54.4 Å². The number of hydrogen-bond donors (Lipinski definition) is 1. The lowest BCUT2D eigenvalue weighted by Gasteiger charge is -2.07. The Bertz CT molecular complexity index is 631. The maximum atomic E-state index is 11.0. The minimum Gasteiger partial charge on any atom is -0.282 e. The van der Waals surface area contributed by atoms with Crippen LogP contribution in [0.1, 0.15) is 5.56 Å². The van der Waals surface area contributed by atoms with E-state index in [0.29, 0.717) is 0 Å². The van der Waals surface area contributed by atoms with Crippen LogP contribution in [0.5, 0.6) is 0 Å². The first-order valence-corrected chi connectivity index (χ1v) is 6.56. The Morgan fingerprint density at radius 1 is 1.00 bits per heavy atom. The van der Waals surface area contributed by atoms with Gasteiger partial charge in [0.25, 0.3) is 10.1 Å². The highest BCUT2D eigenvalue weighted by molar-refractivity contribution is 7.85. The molecule has 0 saturated carbocycles. The van der Waals surface area contributed by atoms with Crippen LogP contribution in [-0.2, 0) is 10.1 Å². The highest BCUT2D eigenvalue weighted by Crippen LogP contribution is 2.25. The van der Waals surface area contributed by atoms with Crippen LogP contribution in [0, 0.1) is 6.92 Å². The summed E-state index contributed by atoms with van der Waals surface area (Å²) in [6.07, 6.45) is 0. The molecule has 0 aliphatic heterocycles. The molecule has 4 heteroatoms. The molecule has 17 heavy (non-hydrogen) atoms. The molecular formula is C13H12O3S. The van der Waals surface area contributed by atoms with Crippen molar-refractivity contribution in [1.82, 2.24) is 0 Å². The minimum atomic E-state index is -4.12. The van der Waals surface area contributed by atoms with Gasteiger partial charge in [0.1, 0.15) is 0 Å². The van der Waals surface area contributed by atoms with Crippen LogP contribution in [-0.4, -0.2) is 13.0 Å². The summed E-state index contributed by atoms with van der Waals surface area (Å²) in [6.45, 7) is 1.82. The minimum absolute atomic E-state index is 0.0744. The van der Waals surface area contributed by atoms with E-state index in [1.54, 1.807) is 6.07 Å². The van der Waals surface area contributed by atoms with Crippen molar-refractivity contribution in [2.45, 2.75) is 11.8 Å². The molecule has 2 aromatic carbocycles. The Morgan fingerprint density at radius 3 is 2.18 bits per heavy atom. The fourth-order valence-corrected chi connectivity index (χ4v) is 2.30. The van der Waals surface area contributed by atoms with E-state index in [-0.39, 0.29) is 4.90 Å². The quantitative estimate of drug-likeness (QED) is 0.831. The third-order valence-corrected chi connectivity index (χ3v) is 3.43. The number of hydrogen-bond acceptors (Lipinski definition) is 2. The average Bonchev–Trinajstić information content (AvgIpc) is 2.29. The van der Waals surface area contributed by atoms with E-state index in [2.05, 4.69) is 0 Å². The summed E-state index contributed by atoms with van der Waals surface area (Å²) >= 11 is 0. The monoisotopic (exact) mass is 248 g/mol. The van der Waals surface area contributed by atoms with Gasteiger partial charge in [-0.25, -0.2) is 0 Å². The van der Waals surface area contributed by atoms with Crippen molar-refractivity contribution in [2.24, 2.45) is 0 Å². The van der Waals surface area contributed by atoms with Crippen molar-refractivity contribution >= 4 is 10.1 Å². The summed E-state index contributed by atoms with van der Waals surface area (Å²) in [6, 6.07) is 14.3. The lowest BCUT2D eigenvalue weighted by Crippen LogP contribution is -1.98. The Morgan fingerprint density at radius 2 is 1.65 bits per heavy atom. The first kappa shape index (κ1) is 11.8. The van der Waals surface area contributed by atoms with Crippen LogP contribution in [0.3, 0.4) is 0 Å². The number of benzene rings is 2. The van der Waals surface area contributed by atoms with Crippen molar-refractivity contribution in [3.05, 3.63) is 54.1 Å². The van der Waals surface area contributed by atoms with E-state index in [1.165, 1.54) is 12.1 Å². The van der Waals surface area contributed by atoms with E-state index in [4.69, 9.17) is 4.55 Å². The van der Waals surface area contributed by atoms with E-state index >= 15 is 0 Å². The zero-order chi connectivity index (χ0) is 12.5. The lowest BCUT2D eigenvalue weighted by molar-refractivity contribution is 0.483. The molecule has 0 radical (unpaired) electrons. The van der Waals surface area contributed by atoms with Crippen LogP contribution in [0.25, 0.3) is 11.1 Å². The van der Waals surface area contributed by atoms with Gasteiger partial charge in [-0.2, -0.15) is 8.42 Å². The van der Waals surface area contributed by atoms with Crippen LogP contribution in [0.15, 0.2) is 53.4 Å². The molecular weight excluding hydrogens is 236 g/mol. The largest absolute Gasteiger partial charge is 0.294 e. The Kier molecular flexibility index (Phi) is 3.00. The van der Waals surface area contributed by atoms with Gasteiger partial charge in [0.05, 0.1) is 4.90 Å². The van der Waals surface area contributed by atoms with Crippen LogP contribution in [0.2, 0.25) is 0 Å². The van der Waals surface area contributed by atoms with Crippen molar-refractivity contribution < 1.29 is 13.0 Å². The molecule has 0 heterocycles. The van der Waals surface area contributed by atoms with Crippen molar-refractivity contribution in [2.75, 3.05) is 0 Å². The molecule has 0 atom stereocenters. The molecule has 1 N–H and O–H groups in total. The summed E-state index contributed by atoms with van der Waals surface area (Å²) in [7, 11) is -4.12. The van der Waals surface area contributed by atoms with Gasteiger partial charge < -0.3 is 0 Å². The molecule has 0 fully saturated rings. The summed E-state index contributed by atoms with van der Waals surface area (Å²) in [5.74, 6) is 0. The molecule has 0 bridgehead atoms. The maximum Gasteiger partial charge on any atom is 0.294 e. The van der Waals surface area contributed by atoms with Gasteiger partial charge in [0.15, 0.2) is 0 Å². The lowest BCUT2D eigenvalue weighted by atomic mass is 10.0. The molecule has 0 aromatic heterocycles.